The molecule has 1 aromatic carbocycles. The quantitative estimate of drug-likeness (QED) is 0.785. The van der Waals surface area contributed by atoms with Crippen molar-refractivity contribution in [3.05, 3.63) is 34.3 Å². The predicted molar refractivity (Wildman–Crippen MR) is 83.8 cm³/mol. The van der Waals surface area contributed by atoms with Crippen LogP contribution in [0.4, 0.5) is 0 Å². The van der Waals surface area contributed by atoms with Crippen molar-refractivity contribution in [2.45, 2.75) is 32.2 Å². The number of halogens is 1. The number of benzene rings is 1. The minimum atomic E-state index is -0.220. The van der Waals surface area contributed by atoms with E-state index in [1.807, 2.05) is 36.1 Å². The van der Waals surface area contributed by atoms with E-state index in [9.17, 15) is 9.59 Å². The number of piperidine rings is 1. The topological polar surface area (TPSA) is 46.6 Å². The number of ether oxygens (including phenoxy) is 1. The van der Waals surface area contributed by atoms with Gasteiger partial charge in [0.25, 0.3) is 0 Å². The van der Waals surface area contributed by atoms with Gasteiger partial charge in [0.15, 0.2) is 0 Å². The number of esters is 1. The number of carbonyl (C=O) groups is 2. The Morgan fingerprint density at radius 3 is 2.81 bits per heavy atom. The Balaban J connectivity index is 2.04. The number of rotatable bonds is 3. The number of hydrogen-bond donors (Lipinski definition) is 0. The summed E-state index contributed by atoms with van der Waals surface area (Å²) in [5.74, 6) is -0.353. The summed E-state index contributed by atoms with van der Waals surface area (Å²) in [6.07, 6.45) is 1.98. The zero-order chi connectivity index (χ0) is 15.4. The molecule has 1 fully saturated rings. The fourth-order valence-corrected chi connectivity index (χ4v) is 3.18. The molecule has 0 aromatic heterocycles. The number of amides is 1. The molecule has 0 saturated carbocycles. The normalized spacial score (nSPS) is 22.0. The highest BCUT2D eigenvalue weighted by Gasteiger charge is 2.32. The molecule has 0 bridgehead atoms. The van der Waals surface area contributed by atoms with Crippen molar-refractivity contribution in [2.75, 3.05) is 13.7 Å². The Labute approximate surface area is 133 Å². The van der Waals surface area contributed by atoms with Gasteiger partial charge in [-0.3, -0.25) is 9.59 Å². The zero-order valence-electron chi connectivity index (χ0n) is 12.3. The largest absolute Gasteiger partial charge is 0.469 e. The summed E-state index contributed by atoms with van der Waals surface area (Å²) in [6.45, 7) is 2.49. The van der Waals surface area contributed by atoms with Gasteiger partial charge in [-0.2, -0.15) is 0 Å². The molecule has 1 aromatic rings. The molecule has 0 radical (unpaired) electrons. The molecule has 1 heterocycles. The molecule has 0 spiro atoms. The molecule has 5 heteroatoms. The lowest BCUT2D eigenvalue weighted by Crippen LogP contribution is -2.48. The first-order valence-corrected chi connectivity index (χ1v) is 7.92. The lowest BCUT2D eigenvalue weighted by molar-refractivity contribution is -0.150. The van der Waals surface area contributed by atoms with Crippen LogP contribution in [0.15, 0.2) is 28.7 Å². The molecule has 2 atom stereocenters. The van der Waals surface area contributed by atoms with Gasteiger partial charge >= 0.3 is 5.97 Å². The average Bonchev–Trinajstić information content (AvgIpc) is 2.46. The smallest absolute Gasteiger partial charge is 0.310 e. The Bertz CT molecular complexity index is 532. The molecule has 1 saturated heterocycles. The van der Waals surface area contributed by atoms with Crippen LogP contribution in [0.1, 0.15) is 25.3 Å². The third kappa shape index (κ3) is 4.06. The van der Waals surface area contributed by atoms with Crippen LogP contribution in [0.3, 0.4) is 0 Å². The van der Waals surface area contributed by atoms with Crippen molar-refractivity contribution >= 4 is 27.8 Å². The molecular weight excluding hydrogens is 334 g/mol. The third-order valence-corrected chi connectivity index (χ3v) is 4.47. The summed E-state index contributed by atoms with van der Waals surface area (Å²) in [5, 5.41) is 0. The first-order valence-electron chi connectivity index (χ1n) is 7.13. The first kappa shape index (κ1) is 16.0. The molecule has 114 valence electrons. The number of carbonyl (C=O) groups excluding carboxylic acids is 2. The van der Waals surface area contributed by atoms with E-state index in [1.165, 1.54) is 7.11 Å². The van der Waals surface area contributed by atoms with Crippen LogP contribution >= 0.6 is 15.9 Å². The summed E-state index contributed by atoms with van der Waals surface area (Å²) in [7, 11) is 1.40. The van der Waals surface area contributed by atoms with E-state index in [1.54, 1.807) is 0 Å². The van der Waals surface area contributed by atoms with Crippen molar-refractivity contribution in [3.63, 3.8) is 0 Å². The summed E-state index contributed by atoms with van der Waals surface area (Å²) >= 11 is 3.41. The van der Waals surface area contributed by atoms with E-state index in [2.05, 4.69) is 15.9 Å². The standard InChI is InChI=1S/C16H20BrNO3/c1-11-6-7-13(16(20)21-2)10-18(11)15(19)9-12-4-3-5-14(17)8-12/h3-5,8,11,13H,6-7,9-10H2,1-2H3/t11-,13+/m0/s1. The zero-order valence-corrected chi connectivity index (χ0v) is 13.9. The van der Waals surface area contributed by atoms with E-state index in [0.717, 1.165) is 22.9 Å². The number of hydrogen-bond acceptors (Lipinski definition) is 3. The molecule has 1 amide bonds. The summed E-state index contributed by atoms with van der Waals surface area (Å²) < 4.78 is 5.77. The highest BCUT2D eigenvalue weighted by atomic mass is 79.9. The molecule has 0 unspecified atom stereocenters. The van der Waals surface area contributed by atoms with E-state index >= 15 is 0 Å². The second kappa shape index (κ2) is 7.07. The molecule has 1 aliphatic rings. The van der Waals surface area contributed by atoms with Crippen molar-refractivity contribution in [1.82, 2.24) is 4.90 Å². The van der Waals surface area contributed by atoms with Crippen molar-refractivity contribution in [1.29, 1.82) is 0 Å². The minimum absolute atomic E-state index is 0.0641. The SMILES string of the molecule is COC(=O)[C@@H]1CC[C@H](C)N(C(=O)Cc2cccc(Br)c2)C1. The van der Waals surface area contributed by atoms with Crippen molar-refractivity contribution in [3.8, 4) is 0 Å². The maximum Gasteiger partial charge on any atom is 0.310 e. The van der Waals surface area contributed by atoms with Crippen molar-refractivity contribution in [2.24, 2.45) is 5.92 Å². The van der Waals surface area contributed by atoms with Gasteiger partial charge in [0.1, 0.15) is 0 Å². The van der Waals surface area contributed by atoms with Gasteiger partial charge in [-0.15, -0.1) is 0 Å². The fourth-order valence-electron chi connectivity index (χ4n) is 2.74. The van der Waals surface area contributed by atoms with Crippen LogP contribution in [-0.4, -0.2) is 36.5 Å². The van der Waals surface area contributed by atoms with Gasteiger partial charge in [-0.1, -0.05) is 28.1 Å². The van der Waals surface area contributed by atoms with E-state index in [0.29, 0.717) is 13.0 Å². The lowest BCUT2D eigenvalue weighted by Gasteiger charge is -2.37. The molecule has 4 nitrogen and oxygen atoms in total. The molecule has 21 heavy (non-hydrogen) atoms. The first-order chi connectivity index (χ1) is 10.0. The van der Waals surface area contributed by atoms with Crippen LogP contribution in [-0.2, 0) is 20.7 Å². The second-order valence-electron chi connectivity index (χ2n) is 5.50. The van der Waals surface area contributed by atoms with E-state index < -0.39 is 0 Å². The lowest BCUT2D eigenvalue weighted by atomic mass is 9.93. The maximum absolute atomic E-state index is 12.5. The third-order valence-electron chi connectivity index (χ3n) is 3.98. The second-order valence-corrected chi connectivity index (χ2v) is 6.41. The number of nitrogens with zero attached hydrogens (tertiary/aromatic N) is 1. The van der Waals surface area contributed by atoms with Crippen LogP contribution in [0, 0.1) is 5.92 Å². The molecular formula is C16H20BrNO3. The van der Waals surface area contributed by atoms with Gasteiger partial charge < -0.3 is 9.64 Å². The summed E-state index contributed by atoms with van der Waals surface area (Å²) in [4.78, 5) is 26.0. The van der Waals surface area contributed by atoms with Crippen LogP contribution < -0.4 is 0 Å². The fraction of sp³-hybridized carbons (Fsp3) is 0.500. The monoisotopic (exact) mass is 353 g/mol. The Morgan fingerprint density at radius 2 is 2.14 bits per heavy atom. The molecule has 1 aliphatic heterocycles. The highest BCUT2D eigenvalue weighted by molar-refractivity contribution is 9.10. The Hall–Kier alpha value is -1.36. The van der Waals surface area contributed by atoms with Crippen molar-refractivity contribution < 1.29 is 14.3 Å². The number of likely N-dealkylation sites (tertiary alicyclic amines) is 1. The van der Waals surface area contributed by atoms with Gasteiger partial charge in [0.05, 0.1) is 19.4 Å². The maximum atomic E-state index is 12.5. The van der Waals surface area contributed by atoms with Gasteiger partial charge in [0, 0.05) is 17.1 Å². The summed E-state index contributed by atoms with van der Waals surface area (Å²) in [5.41, 5.74) is 0.974. The van der Waals surface area contributed by atoms with Gasteiger partial charge in [-0.25, -0.2) is 0 Å². The Kier molecular flexibility index (Phi) is 5.39. The predicted octanol–water partition coefficient (Wildman–Crippen LogP) is 2.79. The Morgan fingerprint density at radius 1 is 1.38 bits per heavy atom. The molecule has 2 rings (SSSR count). The molecule has 0 N–H and O–H groups in total. The van der Waals surface area contributed by atoms with Crippen LogP contribution in [0.25, 0.3) is 0 Å². The van der Waals surface area contributed by atoms with Gasteiger partial charge in [0.2, 0.25) is 5.91 Å². The minimum Gasteiger partial charge on any atom is -0.469 e. The molecule has 0 aliphatic carbocycles. The van der Waals surface area contributed by atoms with Crippen LogP contribution in [0.2, 0.25) is 0 Å². The average molecular weight is 354 g/mol. The van der Waals surface area contributed by atoms with E-state index in [-0.39, 0.29) is 23.8 Å². The summed E-state index contributed by atoms with van der Waals surface area (Å²) in [6, 6.07) is 7.92. The highest BCUT2D eigenvalue weighted by Crippen LogP contribution is 2.24. The van der Waals surface area contributed by atoms with Crippen LogP contribution in [0.5, 0.6) is 0 Å². The van der Waals surface area contributed by atoms with Gasteiger partial charge in [-0.05, 0) is 37.5 Å². The number of methoxy groups -OCH3 is 1. The van der Waals surface area contributed by atoms with E-state index in [4.69, 9.17) is 4.74 Å².